The van der Waals surface area contributed by atoms with E-state index in [-0.39, 0.29) is 12.7 Å². The maximum atomic E-state index is 12.3. The number of aromatic nitrogens is 2. The van der Waals surface area contributed by atoms with Gasteiger partial charge in [-0.2, -0.15) is 0 Å². The van der Waals surface area contributed by atoms with Crippen molar-refractivity contribution >= 4 is 11.6 Å². The maximum absolute atomic E-state index is 12.3. The topological polar surface area (TPSA) is 68.6 Å². The number of likely N-dealkylation sites (tertiary alicyclic amines) is 1. The normalized spacial score (nSPS) is 17.4. The van der Waals surface area contributed by atoms with E-state index in [0.29, 0.717) is 18.2 Å². The lowest BCUT2D eigenvalue weighted by molar-refractivity contribution is -0.117. The molecule has 3 heterocycles. The van der Waals surface area contributed by atoms with Gasteiger partial charge in [0.15, 0.2) is 11.5 Å². The van der Waals surface area contributed by atoms with Gasteiger partial charge >= 0.3 is 0 Å². The van der Waals surface area contributed by atoms with Gasteiger partial charge in [0.2, 0.25) is 12.7 Å². The van der Waals surface area contributed by atoms with Crippen LogP contribution in [0.15, 0.2) is 30.6 Å². The van der Waals surface area contributed by atoms with Crippen molar-refractivity contribution in [1.29, 1.82) is 0 Å². The molecule has 0 atom stereocenters. The molecule has 0 spiro atoms. The van der Waals surface area contributed by atoms with Gasteiger partial charge in [-0.3, -0.25) is 9.69 Å². The number of benzene rings is 1. The number of aryl methyl sites for hydroxylation is 1. The zero-order valence-electron chi connectivity index (χ0n) is 15.0. The number of fused-ring (bicyclic) bond motifs is 1. The summed E-state index contributed by atoms with van der Waals surface area (Å²) < 4.78 is 12.8. The minimum absolute atomic E-state index is 0.00719. The Kier molecular flexibility index (Phi) is 4.79. The number of imidazole rings is 1. The summed E-state index contributed by atoms with van der Waals surface area (Å²) in [7, 11) is 0. The second kappa shape index (κ2) is 7.37. The molecule has 7 heteroatoms. The van der Waals surface area contributed by atoms with Crippen molar-refractivity contribution in [3.63, 3.8) is 0 Å². The minimum atomic E-state index is 0.00719. The molecule has 2 aliphatic heterocycles. The van der Waals surface area contributed by atoms with Crippen LogP contribution in [0.25, 0.3) is 0 Å². The lowest BCUT2D eigenvalue weighted by Crippen LogP contribution is -2.40. The smallest absolute Gasteiger partial charge is 0.238 e. The van der Waals surface area contributed by atoms with E-state index in [1.807, 2.05) is 31.5 Å². The summed E-state index contributed by atoms with van der Waals surface area (Å²) in [5.41, 5.74) is 0.740. The first-order chi connectivity index (χ1) is 12.7. The molecule has 0 radical (unpaired) electrons. The molecular formula is C19H24N4O3. The van der Waals surface area contributed by atoms with Crippen LogP contribution in [0.4, 0.5) is 5.69 Å². The number of piperidine rings is 1. The number of carbonyl (C=O) groups is 1. The van der Waals surface area contributed by atoms with Crippen LogP contribution in [0, 0.1) is 12.8 Å². The van der Waals surface area contributed by atoms with Crippen molar-refractivity contribution in [3.8, 4) is 11.5 Å². The van der Waals surface area contributed by atoms with Gasteiger partial charge in [-0.25, -0.2) is 4.98 Å². The molecule has 0 unspecified atom stereocenters. The predicted octanol–water partition coefficient (Wildman–Crippen LogP) is 2.27. The van der Waals surface area contributed by atoms with Crippen LogP contribution in [0.3, 0.4) is 0 Å². The molecule has 0 saturated carbocycles. The third-order valence-corrected chi connectivity index (χ3v) is 5.11. The van der Waals surface area contributed by atoms with Crippen molar-refractivity contribution in [3.05, 3.63) is 36.4 Å². The standard InChI is InChI=1S/C19H24N4O3/c1-14-20-6-9-23(14)11-15-4-7-22(8-5-15)12-19(24)21-16-2-3-17-18(10-16)26-13-25-17/h2-3,6,9-10,15H,4-5,7-8,11-13H2,1H3,(H,21,24). The number of nitrogens with one attached hydrogen (secondary N) is 1. The Morgan fingerprint density at radius 1 is 1.27 bits per heavy atom. The molecule has 138 valence electrons. The van der Waals surface area contributed by atoms with E-state index >= 15 is 0 Å². The predicted molar refractivity (Wildman–Crippen MR) is 97.3 cm³/mol. The largest absolute Gasteiger partial charge is 0.454 e. The number of rotatable bonds is 5. The zero-order chi connectivity index (χ0) is 17.9. The fourth-order valence-corrected chi connectivity index (χ4v) is 3.58. The van der Waals surface area contributed by atoms with Gasteiger partial charge < -0.3 is 19.4 Å². The molecule has 2 aromatic rings. The van der Waals surface area contributed by atoms with Gasteiger partial charge in [0.1, 0.15) is 5.82 Å². The van der Waals surface area contributed by atoms with Crippen molar-refractivity contribution in [2.45, 2.75) is 26.3 Å². The highest BCUT2D eigenvalue weighted by Gasteiger charge is 2.22. The number of nitrogens with zero attached hydrogens (tertiary/aromatic N) is 3. The van der Waals surface area contributed by atoms with Crippen molar-refractivity contribution in [1.82, 2.24) is 14.5 Å². The molecule has 2 aliphatic rings. The van der Waals surface area contributed by atoms with E-state index in [4.69, 9.17) is 9.47 Å². The molecule has 1 fully saturated rings. The first-order valence-electron chi connectivity index (χ1n) is 9.07. The highest BCUT2D eigenvalue weighted by atomic mass is 16.7. The summed E-state index contributed by atoms with van der Waals surface area (Å²) in [6.07, 6.45) is 6.11. The Morgan fingerprint density at radius 3 is 2.85 bits per heavy atom. The quantitative estimate of drug-likeness (QED) is 0.890. The molecule has 7 nitrogen and oxygen atoms in total. The molecule has 0 aliphatic carbocycles. The Bertz CT molecular complexity index is 781. The van der Waals surface area contributed by atoms with Crippen LogP contribution in [-0.2, 0) is 11.3 Å². The Balaban J connectivity index is 1.24. The van der Waals surface area contributed by atoms with Crippen molar-refractivity contribution in [2.75, 3.05) is 31.7 Å². The highest BCUT2D eigenvalue weighted by molar-refractivity contribution is 5.92. The lowest BCUT2D eigenvalue weighted by Gasteiger charge is -2.31. The number of ether oxygens (including phenoxy) is 2. The fourth-order valence-electron chi connectivity index (χ4n) is 3.58. The average molecular weight is 356 g/mol. The Labute approximate surface area is 152 Å². The molecular weight excluding hydrogens is 332 g/mol. The molecule has 1 amide bonds. The van der Waals surface area contributed by atoms with E-state index in [1.165, 1.54) is 0 Å². The highest BCUT2D eigenvalue weighted by Crippen LogP contribution is 2.34. The number of hydrogen-bond acceptors (Lipinski definition) is 5. The molecule has 1 aromatic heterocycles. The van der Waals surface area contributed by atoms with Crippen LogP contribution >= 0.6 is 0 Å². The monoisotopic (exact) mass is 356 g/mol. The summed E-state index contributed by atoms with van der Waals surface area (Å²) in [6, 6.07) is 5.46. The molecule has 0 bridgehead atoms. The Morgan fingerprint density at radius 2 is 2.08 bits per heavy atom. The third kappa shape index (κ3) is 3.83. The van der Waals surface area contributed by atoms with Crippen LogP contribution in [0.5, 0.6) is 11.5 Å². The minimum Gasteiger partial charge on any atom is -0.454 e. The molecule has 1 aromatic carbocycles. The number of hydrogen-bond donors (Lipinski definition) is 1. The van der Waals surface area contributed by atoms with Gasteiger partial charge in [-0.1, -0.05) is 0 Å². The van der Waals surface area contributed by atoms with Crippen LogP contribution < -0.4 is 14.8 Å². The van der Waals surface area contributed by atoms with Gasteiger partial charge in [0, 0.05) is 30.7 Å². The number of anilines is 1. The fraction of sp³-hybridized carbons (Fsp3) is 0.474. The third-order valence-electron chi connectivity index (χ3n) is 5.11. The van der Waals surface area contributed by atoms with E-state index in [0.717, 1.165) is 49.7 Å². The van der Waals surface area contributed by atoms with Crippen molar-refractivity contribution in [2.24, 2.45) is 5.92 Å². The van der Waals surface area contributed by atoms with Gasteiger partial charge in [0.05, 0.1) is 6.54 Å². The summed E-state index contributed by atoms with van der Waals surface area (Å²) in [6.45, 7) is 5.62. The van der Waals surface area contributed by atoms with Gasteiger partial charge in [-0.15, -0.1) is 0 Å². The van der Waals surface area contributed by atoms with E-state index in [1.54, 1.807) is 6.07 Å². The van der Waals surface area contributed by atoms with E-state index < -0.39 is 0 Å². The lowest BCUT2D eigenvalue weighted by atomic mass is 9.96. The second-order valence-corrected chi connectivity index (χ2v) is 6.96. The van der Waals surface area contributed by atoms with Gasteiger partial charge in [0.25, 0.3) is 0 Å². The van der Waals surface area contributed by atoms with Gasteiger partial charge in [-0.05, 0) is 50.9 Å². The molecule has 26 heavy (non-hydrogen) atoms. The molecule has 4 rings (SSSR count). The first-order valence-corrected chi connectivity index (χ1v) is 9.07. The zero-order valence-corrected chi connectivity index (χ0v) is 15.0. The summed E-state index contributed by atoms with van der Waals surface area (Å²) in [5.74, 6) is 3.12. The number of carbonyl (C=O) groups excluding carboxylic acids is 1. The van der Waals surface area contributed by atoms with E-state index in [2.05, 4.69) is 19.8 Å². The van der Waals surface area contributed by atoms with Crippen LogP contribution in [0.2, 0.25) is 0 Å². The summed E-state index contributed by atoms with van der Waals surface area (Å²) >= 11 is 0. The average Bonchev–Trinajstić information content (AvgIpc) is 3.25. The molecule has 1 saturated heterocycles. The second-order valence-electron chi connectivity index (χ2n) is 6.96. The summed E-state index contributed by atoms with van der Waals surface area (Å²) in [5, 5.41) is 2.95. The first kappa shape index (κ1) is 16.9. The van der Waals surface area contributed by atoms with Crippen LogP contribution in [-0.4, -0.2) is 46.8 Å². The van der Waals surface area contributed by atoms with Crippen molar-refractivity contribution < 1.29 is 14.3 Å². The maximum Gasteiger partial charge on any atom is 0.238 e. The SMILES string of the molecule is Cc1nccn1CC1CCN(CC(=O)Nc2ccc3c(c2)OCO3)CC1. The number of amides is 1. The Hall–Kier alpha value is -2.54. The summed E-state index contributed by atoms with van der Waals surface area (Å²) in [4.78, 5) is 18.8. The van der Waals surface area contributed by atoms with Crippen LogP contribution in [0.1, 0.15) is 18.7 Å². The van der Waals surface area contributed by atoms with E-state index in [9.17, 15) is 4.79 Å². The molecule has 1 N–H and O–H groups in total.